The SMILES string of the molecule is C1CCNCC1.O=C(Nc1cccc(Cl)c1)N1CCCCC1.O=C=Nc1cccc(Cl)c1. The molecular weight excluding hydrogens is 447 g/mol. The Hall–Kier alpha value is -2.37. The maximum Gasteiger partial charge on any atom is 0.321 e. The van der Waals surface area contributed by atoms with E-state index in [-0.39, 0.29) is 6.03 Å². The van der Waals surface area contributed by atoms with Gasteiger partial charge in [0.2, 0.25) is 6.08 Å². The zero-order valence-electron chi connectivity index (χ0n) is 18.2. The summed E-state index contributed by atoms with van der Waals surface area (Å²) in [5, 5.41) is 7.34. The van der Waals surface area contributed by atoms with Crippen molar-refractivity contribution < 1.29 is 9.59 Å². The number of amides is 2. The van der Waals surface area contributed by atoms with E-state index >= 15 is 0 Å². The van der Waals surface area contributed by atoms with E-state index < -0.39 is 0 Å². The number of halogens is 2. The first kappa shape index (κ1) is 25.9. The van der Waals surface area contributed by atoms with Crippen LogP contribution in [0.1, 0.15) is 38.5 Å². The molecule has 0 bridgehead atoms. The molecule has 0 radical (unpaired) electrons. The van der Waals surface area contributed by atoms with E-state index in [1.165, 1.54) is 44.9 Å². The predicted octanol–water partition coefficient (Wildman–Crippen LogP) is 6.43. The molecule has 2 amide bonds. The molecule has 6 nitrogen and oxygen atoms in total. The van der Waals surface area contributed by atoms with Gasteiger partial charge < -0.3 is 15.5 Å². The minimum atomic E-state index is -0.0260. The normalized spacial score (nSPS) is 15.1. The lowest BCUT2D eigenvalue weighted by Crippen LogP contribution is -2.38. The van der Waals surface area contributed by atoms with Crippen LogP contribution in [0.2, 0.25) is 10.0 Å². The molecule has 2 N–H and O–H groups in total. The van der Waals surface area contributed by atoms with E-state index in [2.05, 4.69) is 15.6 Å². The fourth-order valence-corrected chi connectivity index (χ4v) is 3.64. The number of urea groups is 1. The van der Waals surface area contributed by atoms with Crippen LogP contribution in [0.15, 0.2) is 53.5 Å². The van der Waals surface area contributed by atoms with E-state index in [0.29, 0.717) is 15.7 Å². The van der Waals surface area contributed by atoms with Crippen molar-refractivity contribution >= 4 is 46.7 Å². The lowest BCUT2D eigenvalue weighted by atomic mass is 10.1. The minimum Gasteiger partial charge on any atom is -0.325 e. The second-order valence-corrected chi connectivity index (χ2v) is 8.35. The van der Waals surface area contributed by atoms with Crippen LogP contribution in [0.25, 0.3) is 0 Å². The fraction of sp³-hybridized carbons (Fsp3) is 0.417. The molecular formula is C24H30Cl2N4O2. The summed E-state index contributed by atoms with van der Waals surface area (Å²) in [6.45, 7) is 4.21. The van der Waals surface area contributed by atoms with Gasteiger partial charge >= 0.3 is 6.03 Å². The molecule has 8 heteroatoms. The Labute approximate surface area is 200 Å². The molecule has 0 saturated carbocycles. The number of rotatable bonds is 2. The van der Waals surface area contributed by atoms with Gasteiger partial charge in [-0.25, -0.2) is 9.59 Å². The highest BCUT2D eigenvalue weighted by Gasteiger charge is 2.16. The molecule has 0 aromatic heterocycles. The molecule has 2 aromatic rings. The van der Waals surface area contributed by atoms with Crippen LogP contribution in [0, 0.1) is 0 Å². The van der Waals surface area contributed by atoms with Crippen LogP contribution in [0.5, 0.6) is 0 Å². The maximum atomic E-state index is 11.9. The number of anilines is 1. The van der Waals surface area contributed by atoms with Gasteiger partial charge in [-0.1, -0.05) is 41.8 Å². The maximum absolute atomic E-state index is 11.9. The molecule has 2 aromatic carbocycles. The monoisotopic (exact) mass is 476 g/mol. The topological polar surface area (TPSA) is 73.8 Å². The first-order chi connectivity index (χ1) is 15.6. The minimum absolute atomic E-state index is 0.0260. The predicted molar refractivity (Wildman–Crippen MR) is 132 cm³/mol. The van der Waals surface area contributed by atoms with Crippen LogP contribution in [0.4, 0.5) is 16.2 Å². The number of piperidine rings is 2. The largest absolute Gasteiger partial charge is 0.325 e. The van der Waals surface area contributed by atoms with Crippen LogP contribution >= 0.6 is 23.2 Å². The van der Waals surface area contributed by atoms with Gasteiger partial charge in [0.05, 0.1) is 5.69 Å². The van der Waals surface area contributed by atoms with Crippen molar-refractivity contribution in [3.63, 3.8) is 0 Å². The first-order valence-corrected chi connectivity index (χ1v) is 11.7. The summed E-state index contributed by atoms with van der Waals surface area (Å²) >= 11 is 11.4. The number of benzene rings is 2. The van der Waals surface area contributed by atoms with Crippen LogP contribution in [-0.2, 0) is 4.79 Å². The van der Waals surface area contributed by atoms with Crippen molar-refractivity contribution in [3.05, 3.63) is 58.6 Å². The molecule has 0 aliphatic carbocycles. The van der Waals surface area contributed by atoms with E-state index in [1.807, 2.05) is 17.0 Å². The molecule has 2 saturated heterocycles. The molecule has 172 valence electrons. The standard InChI is InChI=1S/C12H15ClN2O.C7H4ClNO.C5H11N/c13-10-5-4-6-11(9-10)14-12(16)15-7-2-1-3-8-15;8-6-2-1-3-7(4-6)9-5-10;1-2-4-6-5-3-1/h4-6,9H,1-3,7-8H2,(H,14,16);1-4H;6H,1-5H2. The second-order valence-electron chi connectivity index (χ2n) is 7.48. The Bertz CT molecular complexity index is 866. The van der Waals surface area contributed by atoms with Gasteiger partial charge in [-0.3, -0.25) is 0 Å². The quantitative estimate of drug-likeness (QED) is 0.387. The summed E-state index contributed by atoms with van der Waals surface area (Å²) in [5.41, 5.74) is 1.28. The van der Waals surface area contributed by atoms with Crippen molar-refractivity contribution in [3.8, 4) is 0 Å². The van der Waals surface area contributed by atoms with Gasteiger partial charge in [0, 0.05) is 28.8 Å². The van der Waals surface area contributed by atoms with Gasteiger partial charge in [0.1, 0.15) is 0 Å². The Morgan fingerprint density at radius 1 is 0.906 bits per heavy atom. The summed E-state index contributed by atoms with van der Waals surface area (Å²) < 4.78 is 0. The Morgan fingerprint density at radius 3 is 2.06 bits per heavy atom. The molecule has 2 aliphatic heterocycles. The second kappa shape index (κ2) is 15.4. The summed E-state index contributed by atoms with van der Waals surface area (Å²) in [4.78, 5) is 26.8. The van der Waals surface area contributed by atoms with Crippen molar-refractivity contribution in [2.24, 2.45) is 4.99 Å². The smallest absolute Gasteiger partial charge is 0.321 e. The number of carbonyl (C=O) groups is 1. The number of hydrogen-bond acceptors (Lipinski definition) is 4. The molecule has 2 heterocycles. The number of carbonyl (C=O) groups excluding carboxylic acids is 2. The van der Waals surface area contributed by atoms with Crippen LogP contribution in [-0.4, -0.2) is 43.2 Å². The van der Waals surface area contributed by atoms with Crippen molar-refractivity contribution in [1.82, 2.24) is 10.2 Å². The van der Waals surface area contributed by atoms with E-state index in [4.69, 9.17) is 23.2 Å². The lowest BCUT2D eigenvalue weighted by molar-refractivity contribution is 0.200. The molecule has 4 rings (SSSR count). The lowest BCUT2D eigenvalue weighted by Gasteiger charge is -2.26. The van der Waals surface area contributed by atoms with Gasteiger partial charge in [-0.05, 0) is 81.6 Å². The van der Waals surface area contributed by atoms with Crippen molar-refractivity contribution in [1.29, 1.82) is 0 Å². The van der Waals surface area contributed by atoms with Gasteiger partial charge in [-0.15, -0.1) is 0 Å². The summed E-state index contributed by atoms with van der Waals surface area (Å²) in [6, 6.07) is 13.9. The third kappa shape index (κ3) is 10.8. The number of isocyanates is 1. The third-order valence-corrected chi connectivity index (χ3v) is 5.38. The first-order valence-electron chi connectivity index (χ1n) is 10.9. The molecule has 0 atom stereocenters. The molecule has 32 heavy (non-hydrogen) atoms. The number of hydrogen-bond donors (Lipinski definition) is 2. The van der Waals surface area contributed by atoms with Crippen LogP contribution in [0.3, 0.4) is 0 Å². The third-order valence-electron chi connectivity index (χ3n) is 4.91. The van der Waals surface area contributed by atoms with Crippen molar-refractivity contribution in [2.75, 3.05) is 31.5 Å². The Kier molecular flexibility index (Phi) is 12.5. The van der Waals surface area contributed by atoms with Crippen LogP contribution < -0.4 is 10.6 Å². The average Bonchev–Trinajstić information content (AvgIpc) is 2.82. The fourth-order valence-electron chi connectivity index (χ4n) is 3.27. The van der Waals surface area contributed by atoms with E-state index in [0.717, 1.165) is 31.6 Å². The molecule has 0 spiro atoms. The zero-order valence-corrected chi connectivity index (χ0v) is 19.7. The highest BCUT2D eigenvalue weighted by molar-refractivity contribution is 6.31. The molecule has 2 aliphatic rings. The van der Waals surface area contributed by atoms with E-state index in [9.17, 15) is 9.59 Å². The van der Waals surface area contributed by atoms with Gasteiger partial charge in [-0.2, -0.15) is 4.99 Å². The number of nitrogens with zero attached hydrogens (tertiary/aromatic N) is 2. The Balaban J connectivity index is 0.000000192. The summed E-state index contributed by atoms with van der Waals surface area (Å²) in [6.07, 6.45) is 9.07. The van der Waals surface area contributed by atoms with Gasteiger partial charge in [0.15, 0.2) is 0 Å². The highest BCUT2D eigenvalue weighted by atomic mass is 35.5. The average molecular weight is 477 g/mol. The highest BCUT2D eigenvalue weighted by Crippen LogP contribution is 2.17. The van der Waals surface area contributed by atoms with Crippen molar-refractivity contribution in [2.45, 2.75) is 38.5 Å². The zero-order chi connectivity index (χ0) is 23.0. The number of nitrogens with one attached hydrogen (secondary N) is 2. The number of aliphatic imine (C=N–C) groups is 1. The number of likely N-dealkylation sites (tertiary alicyclic amines) is 1. The van der Waals surface area contributed by atoms with E-state index in [1.54, 1.807) is 36.4 Å². The molecule has 2 fully saturated rings. The molecule has 0 unspecified atom stereocenters. The summed E-state index contributed by atoms with van der Waals surface area (Å²) in [7, 11) is 0. The summed E-state index contributed by atoms with van der Waals surface area (Å²) in [5.74, 6) is 0. The van der Waals surface area contributed by atoms with Gasteiger partial charge in [0.25, 0.3) is 0 Å². The Morgan fingerprint density at radius 2 is 1.53 bits per heavy atom.